The van der Waals surface area contributed by atoms with Gasteiger partial charge >= 0.3 is 11.9 Å². The van der Waals surface area contributed by atoms with Crippen LogP contribution in [0.2, 0.25) is 0 Å². The van der Waals surface area contributed by atoms with E-state index in [1.807, 2.05) is 48.5 Å². The second-order valence-corrected chi connectivity index (χ2v) is 7.00. The third-order valence-corrected chi connectivity index (χ3v) is 5.62. The van der Waals surface area contributed by atoms with E-state index in [1.165, 1.54) is 6.92 Å². The molecule has 148 valence electrons. The molecule has 0 unspecified atom stereocenters. The number of ether oxygens (including phenoxy) is 1. The predicted molar refractivity (Wildman–Crippen MR) is 99.9 cm³/mol. The Morgan fingerprint density at radius 2 is 1.57 bits per heavy atom. The van der Waals surface area contributed by atoms with Crippen molar-refractivity contribution in [2.24, 2.45) is 5.92 Å². The van der Waals surface area contributed by atoms with Gasteiger partial charge in [0, 0.05) is 11.8 Å². The van der Waals surface area contributed by atoms with Crippen molar-refractivity contribution < 1.29 is 29.8 Å². The quantitative estimate of drug-likeness (QED) is 0.381. The Balaban J connectivity index is 1.91. The van der Waals surface area contributed by atoms with Crippen molar-refractivity contribution in [1.29, 1.82) is 0 Å². The smallest absolute Gasteiger partial charge is 0.343 e. The zero-order valence-corrected chi connectivity index (χ0v) is 15.7. The number of nitrogens with zero attached hydrogens (tertiary/aromatic N) is 1. The maximum Gasteiger partial charge on any atom is 0.343 e. The molecule has 7 nitrogen and oxygen atoms in total. The number of esters is 1. The Morgan fingerprint density at radius 1 is 1.07 bits per heavy atom. The average molecular weight is 385 g/mol. The Bertz CT molecular complexity index is 850. The first kappa shape index (κ1) is 20.0. The molecule has 2 atom stereocenters. The Labute approximate surface area is 162 Å². The third-order valence-electron chi connectivity index (χ3n) is 5.62. The summed E-state index contributed by atoms with van der Waals surface area (Å²) >= 11 is 0. The fourth-order valence-corrected chi connectivity index (χ4v) is 3.87. The Kier molecular flexibility index (Phi) is 5.51. The summed E-state index contributed by atoms with van der Waals surface area (Å²) in [7, 11) is 0. The molecule has 0 fully saturated rings. The van der Waals surface area contributed by atoms with Crippen LogP contribution >= 0.6 is 0 Å². The summed E-state index contributed by atoms with van der Waals surface area (Å²) in [6.07, 6.45) is 0.230. The van der Waals surface area contributed by atoms with E-state index in [0.717, 1.165) is 22.3 Å². The summed E-state index contributed by atoms with van der Waals surface area (Å²) in [6, 6.07) is 15.5. The van der Waals surface area contributed by atoms with Gasteiger partial charge in [0.1, 0.15) is 6.61 Å². The minimum Gasteiger partial charge on any atom is -0.479 e. The number of fused-ring (bicyclic) bond motifs is 3. The molecule has 28 heavy (non-hydrogen) atoms. The van der Waals surface area contributed by atoms with E-state index >= 15 is 0 Å². The first-order valence-electron chi connectivity index (χ1n) is 9.12. The van der Waals surface area contributed by atoms with E-state index in [4.69, 9.17) is 4.74 Å². The highest BCUT2D eigenvalue weighted by Gasteiger charge is 2.57. The summed E-state index contributed by atoms with van der Waals surface area (Å²) < 4.78 is 5.37. The largest absolute Gasteiger partial charge is 0.479 e. The van der Waals surface area contributed by atoms with Crippen LogP contribution in [-0.4, -0.2) is 44.8 Å². The lowest BCUT2D eigenvalue weighted by Gasteiger charge is -2.34. The van der Waals surface area contributed by atoms with Gasteiger partial charge in [0.2, 0.25) is 0 Å². The van der Waals surface area contributed by atoms with E-state index in [9.17, 15) is 25.1 Å². The molecule has 0 saturated heterocycles. The molecule has 0 amide bonds. The maximum atomic E-state index is 12.8. The van der Waals surface area contributed by atoms with E-state index in [-0.39, 0.29) is 18.9 Å². The Morgan fingerprint density at radius 3 is 2.00 bits per heavy atom. The van der Waals surface area contributed by atoms with E-state index in [2.05, 4.69) is 0 Å². The molecule has 0 heterocycles. The first-order valence-corrected chi connectivity index (χ1v) is 9.12. The number of hydroxylamine groups is 2. The zero-order chi connectivity index (χ0) is 20.5. The van der Waals surface area contributed by atoms with Crippen LogP contribution in [0.3, 0.4) is 0 Å². The topological polar surface area (TPSA) is 107 Å². The lowest BCUT2D eigenvalue weighted by Crippen LogP contribution is -2.62. The summed E-state index contributed by atoms with van der Waals surface area (Å²) in [5.41, 5.74) is 1.44. The van der Waals surface area contributed by atoms with Gasteiger partial charge in [-0.2, -0.15) is 0 Å². The van der Waals surface area contributed by atoms with Gasteiger partial charge in [-0.3, -0.25) is 10.4 Å². The predicted octanol–water partition coefficient (Wildman–Crippen LogP) is 3.29. The number of hydrogen-bond donors (Lipinski definition) is 3. The number of hydrogen-bond acceptors (Lipinski definition) is 6. The van der Waals surface area contributed by atoms with Crippen molar-refractivity contribution in [1.82, 2.24) is 5.23 Å². The SMILES string of the molecule is CC[C@H](C)[C@](C(=O)O)(C(=O)OCC1c2ccccc2-c2ccccc21)N(O)O. The number of carboxylic acid groups (broad SMARTS) is 1. The number of rotatable bonds is 7. The summed E-state index contributed by atoms with van der Waals surface area (Å²) in [6.45, 7) is 3.00. The summed E-state index contributed by atoms with van der Waals surface area (Å²) in [5, 5.41) is 28.3. The van der Waals surface area contributed by atoms with Gasteiger partial charge in [-0.25, -0.2) is 9.59 Å². The van der Waals surface area contributed by atoms with Crippen molar-refractivity contribution in [3.05, 3.63) is 59.7 Å². The molecule has 1 aliphatic rings. The van der Waals surface area contributed by atoms with Crippen LogP contribution in [0.1, 0.15) is 37.3 Å². The van der Waals surface area contributed by atoms with Crippen molar-refractivity contribution in [3.63, 3.8) is 0 Å². The van der Waals surface area contributed by atoms with Gasteiger partial charge in [-0.05, 0) is 27.5 Å². The molecule has 3 rings (SSSR count). The molecule has 0 saturated carbocycles. The average Bonchev–Trinajstić information content (AvgIpc) is 3.00. The fourth-order valence-electron chi connectivity index (χ4n) is 3.87. The van der Waals surface area contributed by atoms with Crippen molar-refractivity contribution >= 4 is 11.9 Å². The molecule has 2 aromatic carbocycles. The van der Waals surface area contributed by atoms with Gasteiger partial charge in [0.05, 0.1) is 0 Å². The normalized spacial score (nSPS) is 16.2. The molecule has 0 aromatic heterocycles. The van der Waals surface area contributed by atoms with Gasteiger partial charge in [-0.15, -0.1) is 0 Å². The third kappa shape index (κ3) is 2.97. The Hall–Kier alpha value is -2.74. The van der Waals surface area contributed by atoms with Crippen LogP contribution in [0.15, 0.2) is 48.5 Å². The molecular weight excluding hydrogens is 362 g/mol. The monoisotopic (exact) mass is 385 g/mol. The molecule has 0 bridgehead atoms. The van der Waals surface area contributed by atoms with E-state index in [1.54, 1.807) is 6.92 Å². The minimum atomic E-state index is -2.59. The van der Waals surface area contributed by atoms with Crippen LogP contribution in [0.25, 0.3) is 11.1 Å². The minimum absolute atomic E-state index is 0.105. The van der Waals surface area contributed by atoms with Crippen LogP contribution in [0.5, 0.6) is 0 Å². The van der Waals surface area contributed by atoms with Crippen LogP contribution in [0, 0.1) is 5.92 Å². The molecule has 0 radical (unpaired) electrons. The summed E-state index contributed by atoms with van der Waals surface area (Å²) in [4.78, 5) is 24.6. The van der Waals surface area contributed by atoms with Crippen molar-refractivity contribution in [2.75, 3.05) is 6.61 Å². The van der Waals surface area contributed by atoms with Crippen LogP contribution in [-0.2, 0) is 14.3 Å². The molecule has 7 heteroatoms. The van der Waals surface area contributed by atoms with Gasteiger partial charge in [0.15, 0.2) is 0 Å². The van der Waals surface area contributed by atoms with Gasteiger partial charge < -0.3 is 9.84 Å². The zero-order valence-electron chi connectivity index (χ0n) is 15.7. The molecule has 3 N–H and O–H groups in total. The fraction of sp³-hybridized carbons (Fsp3) is 0.333. The highest BCUT2D eigenvalue weighted by atomic mass is 16.8. The van der Waals surface area contributed by atoms with Crippen LogP contribution < -0.4 is 0 Å². The van der Waals surface area contributed by atoms with E-state index in [0.29, 0.717) is 0 Å². The lowest BCUT2D eigenvalue weighted by atomic mass is 9.83. The standard InChI is InChI=1S/C21H23NO6/c1-3-13(2)21(19(23)24,22(26)27)20(25)28-12-18-16-10-6-4-8-14(16)15-9-5-7-11-17(15)18/h4-11,13,18,26-27H,3,12H2,1-2H3,(H,23,24)/t13-,21-/m0/s1. The number of benzene rings is 2. The van der Waals surface area contributed by atoms with Gasteiger partial charge in [-0.1, -0.05) is 68.8 Å². The first-order chi connectivity index (χ1) is 13.4. The number of carbonyl (C=O) groups is 2. The summed E-state index contributed by atoms with van der Waals surface area (Å²) in [5.74, 6) is -4.04. The second kappa shape index (κ2) is 7.71. The van der Waals surface area contributed by atoms with Crippen molar-refractivity contribution in [3.8, 4) is 11.1 Å². The molecule has 0 spiro atoms. The molecule has 0 aliphatic heterocycles. The van der Waals surface area contributed by atoms with E-state index < -0.39 is 28.6 Å². The molecular formula is C21H23NO6. The number of aliphatic carboxylic acids is 1. The highest BCUT2D eigenvalue weighted by molar-refractivity contribution is 6.04. The molecule has 2 aromatic rings. The number of carboxylic acids is 1. The second-order valence-electron chi connectivity index (χ2n) is 7.00. The maximum absolute atomic E-state index is 12.8. The highest BCUT2D eigenvalue weighted by Crippen LogP contribution is 2.44. The lowest BCUT2D eigenvalue weighted by molar-refractivity contribution is -0.359. The number of carbonyl (C=O) groups excluding carboxylic acids is 1. The van der Waals surface area contributed by atoms with Crippen LogP contribution in [0.4, 0.5) is 0 Å². The van der Waals surface area contributed by atoms with Crippen molar-refractivity contribution in [2.45, 2.75) is 31.7 Å². The molecule has 1 aliphatic carbocycles. The van der Waals surface area contributed by atoms with Gasteiger partial charge in [0.25, 0.3) is 5.54 Å².